The maximum Gasteiger partial charge on any atom is 0.299 e. The van der Waals surface area contributed by atoms with E-state index in [1.807, 2.05) is 0 Å². The number of hydrogen-bond donors (Lipinski definition) is 0. The van der Waals surface area contributed by atoms with Crippen molar-refractivity contribution in [1.82, 2.24) is 14.8 Å². The molecule has 5 nitrogen and oxygen atoms in total. The van der Waals surface area contributed by atoms with Crippen LogP contribution in [0.25, 0.3) is 5.82 Å². The smallest absolute Gasteiger partial charge is 0.299 e. The molecule has 0 amide bonds. The Morgan fingerprint density at radius 3 is 3.06 bits per heavy atom. The van der Waals surface area contributed by atoms with Crippen LogP contribution in [0.15, 0.2) is 29.0 Å². The lowest BCUT2D eigenvalue weighted by Gasteiger charge is -2.04. The molecule has 0 radical (unpaired) electrons. The number of nitrogens with zero attached hydrogens (tertiary/aromatic N) is 3. The Labute approximate surface area is 104 Å². The summed E-state index contributed by atoms with van der Waals surface area (Å²) in [5.74, 6) is 0.634. The van der Waals surface area contributed by atoms with Gasteiger partial charge in [-0.25, -0.2) is 4.98 Å². The summed E-state index contributed by atoms with van der Waals surface area (Å²) >= 11 is 9.13. The van der Waals surface area contributed by atoms with Gasteiger partial charge in [0, 0.05) is 12.3 Å². The molecular weight excluding hydrogens is 297 g/mol. The van der Waals surface area contributed by atoms with E-state index in [9.17, 15) is 4.79 Å². The molecule has 7 heteroatoms. The molecule has 2 rings (SSSR count). The van der Waals surface area contributed by atoms with Gasteiger partial charge < -0.3 is 4.74 Å². The molecular formula is C9H5BrClN3O2. The average Bonchev–Trinajstić information content (AvgIpc) is 2.61. The fourth-order valence-corrected chi connectivity index (χ4v) is 1.71. The van der Waals surface area contributed by atoms with Gasteiger partial charge in [-0.1, -0.05) is 11.6 Å². The Kier molecular flexibility index (Phi) is 3.21. The van der Waals surface area contributed by atoms with Crippen molar-refractivity contribution in [3.63, 3.8) is 0 Å². The van der Waals surface area contributed by atoms with Crippen molar-refractivity contribution >= 4 is 34.0 Å². The van der Waals surface area contributed by atoms with Gasteiger partial charge in [-0.15, -0.1) is 0 Å². The predicted molar refractivity (Wildman–Crippen MR) is 60.8 cm³/mol. The van der Waals surface area contributed by atoms with Crippen LogP contribution in [-0.2, 0) is 4.79 Å². The fourth-order valence-electron chi connectivity index (χ4n) is 1.15. The van der Waals surface area contributed by atoms with Crippen LogP contribution >= 0.6 is 27.5 Å². The van der Waals surface area contributed by atoms with Gasteiger partial charge >= 0.3 is 0 Å². The third-order valence-corrected chi connectivity index (χ3v) is 2.44. The van der Waals surface area contributed by atoms with E-state index in [1.54, 1.807) is 24.4 Å². The second kappa shape index (κ2) is 4.63. The highest BCUT2D eigenvalue weighted by atomic mass is 79.9. The zero-order valence-corrected chi connectivity index (χ0v) is 10.1. The van der Waals surface area contributed by atoms with Crippen LogP contribution < -0.4 is 4.74 Å². The van der Waals surface area contributed by atoms with Crippen LogP contribution in [0.5, 0.6) is 5.88 Å². The number of pyridine rings is 1. The van der Waals surface area contributed by atoms with Crippen molar-refractivity contribution < 1.29 is 9.53 Å². The van der Waals surface area contributed by atoms with Gasteiger partial charge in [-0.05, 0) is 28.1 Å². The predicted octanol–water partition coefficient (Wildman–Crippen LogP) is 2.22. The summed E-state index contributed by atoms with van der Waals surface area (Å²) in [6.07, 6.45) is 1.57. The van der Waals surface area contributed by atoms with E-state index in [1.165, 1.54) is 4.68 Å². The maximum absolute atomic E-state index is 10.3. The van der Waals surface area contributed by atoms with Gasteiger partial charge in [0.1, 0.15) is 4.60 Å². The molecule has 82 valence electrons. The van der Waals surface area contributed by atoms with Crippen molar-refractivity contribution in [2.45, 2.75) is 0 Å². The van der Waals surface area contributed by atoms with Crippen LogP contribution in [-0.4, -0.2) is 21.2 Å². The van der Waals surface area contributed by atoms with Crippen molar-refractivity contribution in [2.24, 2.45) is 0 Å². The monoisotopic (exact) mass is 301 g/mol. The molecule has 0 saturated heterocycles. The quantitative estimate of drug-likeness (QED) is 0.816. The molecule has 0 bridgehead atoms. The summed E-state index contributed by atoms with van der Waals surface area (Å²) < 4.78 is 6.61. The largest absolute Gasteiger partial charge is 0.409 e. The summed E-state index contributed by atoms with van der Waals surface area (Å²) in [6, 6.07) is 4.91. The lowest BCUT2D eigenvalue weighted by Crippen LogP contribution is -2.03. The molecule has 0 fully saturated rings. The molecule has 2 aromatic rings. The summed E-state index contributed by atoms with van der Waals surface area (Å²) in [5.41, 5.74) is 0. The molecule has 0 unspecified atom stereocenters. The number of ether oxygens (including phenoxy) is 1. The molecule has 0 spiro atoms. The van der Waals surface area contributed by atoms with E-state index < -0.39 is 0 Å². The van der Waals surface area contributed by atoms with Gasteiger partial charge in [0.25, 0.3) is 6.47 Å². The van der Waals surface area contributed by atoms with Crippen LogP contribution in [0, 0.1) is 0 Å². The molecule has 2 heterocycles. The summed E-state index contributed by atoms with van der Waals surface area (Å²) in [4.78, 5) is 14.4. The Bertz CT molecular complexity index is 529. The normalized spacial score (nSPS) is 10.1. The Balaban J connectivity index is 2.55. The molecule has 16 heavy (non-hydrogen) atoms. The third-order valence-electron chi connectivity index (χ3n) is 1.76. The first kappa shape index (κ1) is 11.1. The van der Waals surface area contributed by atoms with Gasteiger partial charge in [0.2, 0.25) is 5.88 Å². The van der Waals surface area contributed by atoms with Crippen LogP contribution in [0.3, 0.4) is 0 Å². The highest BCUT2D eigenvalue weighted by Crippen LogP contribution is 2.25. The molecule has 0 aliphatic heterocycles. The van der Waals surface area contributed by atoms with Crippen LogP contribution in [0.1, 0.15) is 0 Å². The number of carbonyl (C=O) groups excluding carboxylic acids is 1. The molecule has 0 atom stereocenters. The first-order valence-electron chi connectivity index (χ1n) is 4.19. The molecule has 0 N–H and O–H groups in total. The van der Waals surface area contributed by atoms with Crippen molar-refractivity contribution in [2.75, 3.05) is 0 Å². The van der Waals surface area contributed by atoms with Gasteiger partial charge in [-0.2, -0.15) is 9.78 Å². The molecule has 2 aromatic heterocycles. The number of halogens is 2. The second-order valence-electron chi connectivity index (χ2n) is 2.74. The van der Waals surface area contributed by atoms with E-state index in [-0.39, 0.29) is 5.88 Å². The fraction of sp³-hybridized carbons (Fsp3) is 0. The summed E-state index contributed by atoms with van der Waals surface area (Å²) in [7, 11) is 0. The van der Waals surface area contributed by atoms with Gasteiger partial charge in [0.15, 0.2) is 5.82 Å². The van der Waals surface area contributed by atoms with Gasteiger partial charge in [0.05, 0.1) is 5.02 Å². The molecule has 0 aliphatic carbocycles. The zero-order chi connectivity index (χ0) is 11.5. The topological polar surface area (TPSA) is 57.0 Å². The van der Waals surface area contributed by atoms with Gasteiger partial charge in [-0.3, -0.25) is 4.79 Å². The summed E-state index contributed by atoms with van der Waals surface area (Å²) in [5, 5.41) is 4.47. The number of rotatable bonds is 3. The van der Waals surface area contributed by atoms with E-state index in [0.29, 0.717) is 21.9 Å². The molecule has 0 aromatic carbocycles. The van der Waals surface area contributed by atoms with Crippen LogP contribution in [0.4, 0.5) is 0 Å². The lowest BCUT2D eigenvalue weighted by atomic mass is 10.4. The van der Waals surface area contributed by atoms with E-state index >= 15 is 0 Å². The van der Waals surface area contributed by atoms with Crippen molar-refractivity contribution in [1.29, 1.82) is 0 Å². The maximum atomic E-state index is 10.3. The Morgan fingerprint density at radius 2 is 2.38 bits per heavy atom. The van der Waals surface area contributed by atoms with Crippen LogP contribution in [0.2, 0.25) is 5.02 Å². The molecule has 0 aliphatic rings. The number of aromatic nitrogens is 3. The highest BCUT2D eigenvalue weighted by molar-refractivity contribution is 9.10. The minimum atomic E-state index is 0.238. The highest BCUT2D eigenvalue weighted by Gasteiger charge is 2.12. The first-order valence-corrected chi connectivity index (χ1v) is 5.36. The minimum absolute atomic E-state index is 0.238. The zero-order valence-electron chi connectivity index (χ0n) is 7.80. The van der Waals surface area contributed by atoms with Crippen molar-refractivity contribution in [3.05, 3.63) is 34.0 Å². The van der Waals surface area contributed by atoms with E-state index in [4.69, 9.17) is 16.3 Å². The SMILES string of the molecule is O=COc1cc(Br)nn1-c1ncccc1Cl. The second-order valence-corrected chi connectivity index (χ2v) is 3.96. The number of hydrogen-bond acceptors (Lipinski definition) is 4. The molecule has 0 saturated carbocycles. The number of carbonyl (C=O) groups is 1. The third kappa shape index (κ3) is 2.07. The summed E-state index contributed by atoms with van der Waals surface area (Å²) in [6.45, 7) is 0.316. The Hall–Kier alpha value is -1.40. The Morgan fingerprint density at radius 1 is 1.56 bits per heavy atom. The average molecular weight is 303 g/mol. The van der Waals surface area contributed by atoms with E-state index in [2.05, 4.69) is 26.0 Å². The minimum Gasteiger partial charge on any atom is -0.409 e. The standard InChI is InChI=1S/C9H5BrClN3O2/c10-7-4-8(16-5-15)14(13-7)9-6(11)2-1-3-12-9/h1-5H. The lowest BCUT2D eigenvalue weighted by molar-refractivity contribution is -0.121. The van der Waals surface area contributed by atoms with E-state index in [0.717, 1.165) is 0 Å². The van der Waals surface area contributed by atoms with Crippen molar-refractivity contribution in [3.8, 4) is 11.7 Å². The first-order chi connectivity index (χ1) is 7.72.